The van der Waals surface area contributed by atoms with E-state index in [9.17, 15) is 14.9 Å². The van der Waals surface area contributed by atoms with E-state index in [4.69, 9.17) is 4.74 Å². The summed E-state index contributed by atoms with van der Waals surface area (Å²) in [7, 11) is 1.34. The molecule has 2 heterocycles. The molecule has 0 aliphatic carbocycles. The van der Waals surface area contributed by atoms with Gasteiger partial charge in [0.25, 0.3) is 5.91 Å². The number of pyridine rings is 1. The summed E-state index contributed by atoms with van der Waals surface area (Å²) in [5, 5.41) is 21.9. The van der Waals surface area contributed by atoms with E-state index in [-0.39, 0.29) is 17.0 Å². The third kappa shape index (κ3) is 3.39. The third-order valence-corrected chi connectivity index (χ3v) is 3.66. The molecule has 0 fully saturated rings. The number of aromatic nitrogens is 3. The lowest BCUT2D eigenvalue weighted by molar-refractivity contribution is -0.385. The Morgan fingerprint density at radius 3 is 2.92 bits per heavy atom. The number of ether oxygens (including phenoxy) is 1. The first-order valence-electron chi connectivity index (χ1n) is 7.49. The number of fused-ring (bicyclic) bond motifs is 1. The quantitative estimate of drug-likeness (QED) is 0.538. The van der Waals surface area contributed by atoms with Crippen LogP contribution in [0.5, 0.6) is 5.75 Å². The van der Waals surface area contributed by atoms with Crippen molar-refractivity contribution in [1.82, 2.24) is 19.9 Å². The van der Waals surface area contributed by atoms with E-state index in [2.05, 4.69) is 15.5 Å². The number of nitrogens with zero attached hydrogens (tertiary/aromatic N) is 4. The number of nitrogens with one attached hydrogen (secondary N) is 1. The Labute approximate surface area is 142 Å². The number of hydrogen-bond donors (Lipinski definition) is 1. The zero-order valence-corrected chi connectivity index (χ0v) is 13.4. The highest BCUT2D eigenvalue weighted by Gasteiger charge is 2.18. The Balaban J connectivity index is 1.66. The van der Waals surface area contributed by atoms with Crippen LogP contribution >= 0.6 is 0 Å². The molecular formula is C16H15N5O4. The molecular weight excluding hydrogens is 326 g/mol. The molecule has 9 heteroatoms. The third-order valence-electron chi connectivity index (χ3n) is 3.66. The summed E-state index contributed by atoms with van der Waals surface area (Å²) in [4.78, 5) is 22.6. The van der Waals surface area contributed by atoms with Gasteiger partial charge in [0.05, 0.1) is 12.0 Å². The molecule has 128 valence electrons. The first kappa shape index (κ1) is 16.4. The van der Waals surface area contributed by atoms with E-state index < -0.39 is 10.8 Å². The van der Waals surface area contributed by atoms with E-state index >= 15 is 0 Å². The largest absolute Gasteiger partial charge is 0.490 e. The number of nitro groups is 1. The van der Waals surface area contributed by atoms with Crippen molar-refractivity contribution in [3.8, 4) is 5.75 Å². The van der Waals surface area contributed by atoms with Crippen molar-refractivity contribution in [2.45, 2.75) is 6.42 Å². The molecule has 0 atom stereocenters. The van der Waals surface area contributed by atoms with Gasteiger partial charge in [-0.25, -0.2) is 0 Å². The van der Waals surface area contributed by atoms with Gasteiger partial charge in [-0.15, -0.1) is 10.2 Å². The van der Waals surface area contributed by atoms with Gasteiger partial charge in [-0.2, -0.15) is 0 Å². The fraction of sp³-hybridized carbons (Fsp3) is 0.188. The van der Waals surface area contributed by atoms with Gasteiger partial charge in [-0.05, 0) is 24.3 Å². The van der Waals surface area contributed by atoms with Crippen LogP contribution in [0.25, 0.3) is 5.65 Å². The fourth-order valence-corrected chi connectivity index (χ4v) is 2.43. The highest BCUT2D eigenvalue weighted by atomic mass is 16.6. The van der Waals surface area contributed by atoms with Gasteiger partial charge in [0, 0.05) is 30.8 Å². The molecule has 0 radical (unpaired) electrons. The fourth-order valence-electron chi connectivity index (χ4n) is 2.43. The molecule has 0 aliphatic rings. The summed E-state index contributed by atoms with van der Waals surface area (Å²) in [6.07, 6.45) is 2.33. The minimum atomic E-state index is -0.585. The van der Waals surface area contributed by atoms with Gasteiger partial charge in [-0.1, -0.05) is 6.07 Å². The van der Waals surface area contributed by atoms with Gasteiger partial charge in [0.2, 0.25) is 0 Å². The average molecular weight is 341 g/mol. The van der Waals surface area contributed by atoms with Crippen molar-refractivity contribution in [3.63, 3.8) is 0 Å². The minimum absolute atomic E-state index is 0.108. The molecule has 9 nitrogen and oxygen atoms in total. The van der Waals surface area contributed by atoms with Crippen molar-refractivity contribution < 1.29 is 14.5 Å². The van der Waals surface area contributed by atoms with Crippen molar-refractivity contribution in [1.29, 1.82) is 0 Å². The van der Waals surface area contributed by atoms with E-state index in [0.717, 1.165) is 11.5 Å². The Hall–Kier alpha value is -3.49. The summed E-state index contributed by atoms with van der Waals surface area (Å²) >= 11 is 0. The number of carbonyl (C=O) groups excluding carboxylic acids is 1. The number of carbonyl (C=O) groups is 1. The summed E-state index contributed by atoms with van der Waals surface area (Å²) in [5.41, 5.74) is 0.673. The maximum Gasteiger partial charge on any atom is 0.311 e. The van der Waals surface area contributed by atoms with Crippen LogP contribution < -0.4 is 10.1 Å². The van der Waals surface area contributed by atoms with Crippen LogP contribution in [-0.2, 0) is 6.42 Å². The summed E-state index contributed by atoms with van der Waals surface area (Å²) < 4.78 is 6.76. The van der Waals surface area contributed by atoms with Crippen molar-refractivity contribution in [2.75, 3.05) is 13.7 Å². The number of hydrogen-bond acceptors (Lipinski definition) is 6. The molecule has 1 amide bonds. The van der Waals surface area contributed by atoms with Crippen LogP contribution in [0.1, 0.15) is 16.2 Å². The van der Waals surface area contributed by atoms with E-state index in [1.165, 1.54) is 25.3 Å². The normalized spacial score (nSPS) is 10.6. The van der Waals surface area contributed by atoms with Crippen LogP contribution in [0.15, 0.2) is 42.6 Å². The zero-order valence-electron chi connectivity index (χ0n) is 13.4. The summed E-state index contributed by atoms with van der Waals surface area (Å²) in [6, 6.07) is 9.65. The average Bonchev–Trinajstić information content (AvgIpc) is 3.04. The molecule has 0 bridgehead atoms. The summed E-state index contributed by atoms with van der Waals surface area (Å²) in [5.74, 6) is 0.424. The van der Waals surface area contributed by atoms with Crippen molar-refractivity contribution in [3.05, 3.63) is 64.1 Å². The SMILES string of the molecule is COc1ccc(C(=O)NCCc2nnc3ccccn23)cc1[N+](=O)[O-]. The molecule has 1 N–H and O–H groups in total. The second-order valence-electron chi connectivity index (χ2n) is 5.19. The van der Waals surface area contributed by atoms with Crippen LogP contribution in [0.3, 0.4) is 0 Å². The predicted octanol–water partition coefficient (Wildman–Crippen LogP) is 1.62. The molecule has 0 spiro atoms. The number of benzene rings is 1. The maximum atomic E-state index is 12.2. The molecule has 3 rings (SSSR count). The molecule has 0 unspecified atom stereocenters. The standard InChI is InChI=1S/C16H15N5O4/c1-25-13-6-5-11(10-12(13)21(23)24)16(22)17-8-7-15-19-18-14-4-2-3-9-20(14)15/h2-6,9-10H,7-8H2,1H3,(H,17,22). The Morgan fingerprint density at radius 1 is 1.32 bits per heavy atom. The van der Waals surface area contributed by atoms with Crippen LogP contribution in [0, 0.1) is 10.1 Å². The zero-order chi connectivity index (χ0) is 17.8. The van der Waals surface area contributed by atoms with Crippen molar-refractivity contribution in [2.24, 2.45) is 0 Å². The number of amides is 1. The first-order valence-corrected chi connectivity index (χ1v) is 7.49. The Bertz CT molecular complexity index is 937. The smallest absolute Gasteiger partial charge is 0.311 e. The lowest BCUT2D eigenvalue weighted by Gasteiger charge is -2.06. The molecule has 0 saturated heterocycles. The monoisotopic (exact) mass is 341 g/mol. The van der Waals surface area contributed by atoms with Gasteiger partial charge >= 0.3 is 5.69 Å². The topological polar surface area (TPSA) is 112 Å². The Morgan fingerprint density at radius 2 is 2.16 bits per heavy atom. The van der Waals surface area contributed by atoms with Crippen LogP contribution in [0.2, 0.25) is 0 Å². The van der Waals surface area contributed by atoms with Crippen molar-refractivity contribution >= 4 is 17.2 Å². The van der Waals surface area contributed by atoms with E-state index in [1.807, 2.05) is 28.8 Å². The second-order valence-corrected chi connectivity index (χ2v) is 5.19. The highest BCUT2D eigenvalue weighted by molar-refractivity contribution is 5.95. The minimum Gasteiger partial charge on any atom is -0.490 e. The predicted molar refractivity (Wildman–Crippen MR) is 88.7 cm³/mol. The molecule has 0 aliphatic heterocycles. The Kier molecular flexibility index (Phi) is 4.55. The second kappa shape index (κ2) is 6.95. The summed E-state index contributed by atoms with van der Waals surface area (Å²) in [6.45, 7) is 0.328. The molecule has 3 aromatic rings. The van der Waals surface area contributed by atoms with E-state index in [0.29, 0.717) is 13.0 Å². The first-order chi connectivity index (χ1) is 12.1. The molecule has 0 saturated carbocycles. The van der Waals surface area contributed by atoms with Gasteiger partial charge < -0.3 is 10.1 Å². The number of rotatable bonds is 6. The van der Waals surface area contributed by atoms with Crippen LogP contribution in [-0.4, -0.2) is 39.1 Å². The van der Waals surface area contributed by atoms with Gasteiger partial charge in [0.1, 0.15) is 5.82 Å². The number of methoxy groups -OCH3 is 1. The maximum absolute atomic E-state index is 12.2. The van der Waals surface area contributed by atoms with Crippen LogP contribution in [0.4, 0.5) is 5.69 Å². The lowest BCUT2D eigenvalue weighted by atomic mass is 10.1. The highest BCUT2D eigenvalue weighted by Crippen LogP contribution is 2.27. The van der Waals surface area contributed by atoms with Gasteiger partial charge in [-0.3, -0.25) is 19.3 Å². The van der Waals surface area contributed by atoms with E-state index in [1.54, 1.807) is 0 Å². The molecule has 25 heavy (non-hydrogen) atoms. The molecule has 2 aromatic heterocycles. The number of nitro benzene ring substituents is 1. The lowest BCUT2D eigenvalue weighted by Crippen LogP contribution is -2.26. The molecule has 1 aromatic carbocycles. The van der Waals surface area contributed by atoms with Gasteiger partial charge in [0.15, 0.2) is 11.4 Å².